The van der Waals surface area contributed by atoms with Crippen molar-refractivity contribution in [1.29, 1.82) is 0 Å². The summed E-state index contributed by atoms with van der Waals surface area (Å²) in [5.41, 5.74) is 2.94. The molecule has 1 fully saturated rings. The van der Waals surface area contributed by atoms with Crippen molar-refractivity contribution < 1.29 is 0 Å². The molecule has 0 amide bonds. The van der Waals surface area contributed by atoms with Crippen LogP contribution in [0.25, 0.3) is 0 Å². The average molecular weight is 233 g/mol. The topological polar surface area (TPSA) is 12.0 Å². The molecule has 1 aromatic carbocycles. The van der Waals surface area contributed by atoms with Crippen LogP contribution >= 0.6 is 11.8 Å². The summed E-state index contributed by atoms with van der Waals surface area (Å²) >= 11 is 2.03. The van der Waals surface area contributed by atoms with E-state index in [2.05, 4.69) is 30.4 Å². The highest BCUT2D eigenvalue weighted by Crippen LogP contribution is 2.37. The highest BCUT2D eigenvalue weighted by atomic mass is 32.2. The molecule has 1 atom stereocenters. The SMILES string of the molecule is Cc1ccc2c(c1)C(NC1CC1)CCCS2. The zero-order valence-electron chi connectivity index (χ0n) is 9.83. The van der Waals surface area contributed by atoms with Gasteiger partial charge in [0.05, 0.1) is 0 Å². The summed E-state index contributed by atoms with van der Waals surface area (Å²) in [6.07, 6.45) is 5.40. The summed E-state index contributed by atoms with van der Waals surface area (Å²) in [7, 11) is 0. The van der Waals surface area contributed by atoms with E-state index in [1.165, 1.54) is 41.9 Å². The molecule has 3 rings (SSSR count). The maximum absolute atomic E-state index is 3.80. The highest BCUT2D eigenvalue weighted by Gasteiger charge is 2.27. The van der Waals surface area contributed by atoms with Crippen LogP contribution in [0, 0.1) is 6.92 Å². The zero-order valence-corrected chi connectivity index (χ0v) is 10.6. The van der Waals surface area contributed by atoms with Gasteiger partial charge in [-0.15, -0.1) is 11.8 Å². The molecule has 1 N–H and O–H groups in total. The molecule has 1 nitrogen and oxygen atoms in total. The quantitative estimate of drug-likeness (QED) is 0.836. The molecule has 16 heavy (non-hydrogen) atoms. The summed E-state index contributed by atoms with van der Waals surface area (Å²) in [5, 5.41) is 3.80. The molecule has 1 heterocycles. The molecule has 1 aromatic rings. The van der Waals surface area contributed by atoms with E-state index >= 15 is 0 Å². The smallest absolute Gasteiger partial charge is 0.0334 e. The molecule has 0 bridgehead atoms. The summed E-state index contributed by atoms with van der Waals surface area (Å²) < 4.78 is 0. The van der Waals surface area contributed by atoms with Crippen LogP contribution in [0.3, 0.4) is 0 Å². The molecule has 1 saturated carbocycles. The molecule has 0 radical (unpaired) electrons. The number of fused-ring (bicyclic) bond motifs is 1. The van der Waals surface area contributed by atoms with Gasteiger partial charge in [-0.2, -0.15) is 0 Å². The van der Waals surface area contributed by atoms with E-state index in [1.54, 1.807) is 5.56 Å². The Morgan fingerprint density at radius 1 is 1.25 bits per heavy atom. The van der Waals surface area contributed by atoms with E-state index in [-0.39, 0.29) is 0 Å². The van der Waals surface area contributed by atoms with Crippen molar-refractivity contribution in [2.24, 2.45) is 0 Å². The minimum Gasteiger partial charge on any atom is -0.307 e. The normalized spacial score (nSPS) is 24.9. The third-order valence-electron chi connectivity index (χ3n) is 3.45. The molecule has 0 saturated heterocycles. The average Bonchev–Trinajstić information content (AvgIpc) is 3.08. The maximum atomic E-state index is 3.80. The standard InChI is InChI=1S/C14H19NS/c1-10-4-7-14-12(9-10)13(3-2-8-16-14)15-11-5-6-11/h4,7,9,11,13,15H,2-3,5-6,8H2,1H3. The van der Waals surface area contributed by atoms with E-state index in [0.29, 0.717) is 6.04 Å². The second-order valence-electron chi connectivity index (χ2n) is 5.03. The molecule has 0 spiro atoms. The van der Waals surface area contributed by atoms with Crippen LogP contribution in [0.4, 0.5) is 0 Å². The number of rotatable bonds is 2. The van der Waals surface area contributed by atoms with Crippen molar-refractivity contribution >= 4 is 11.8 Å². The summed E-state index contributed by atoms with van der Waals surface area (Å²) in [4.78, 5) is 1.50. The molecule has 1 aliphatic carbocycles. The van der Waals surface area contributed by atoms with Crippen molar-refractivity contribution in [2.45, 2.75) is 49.6 Å². The van der Waals surface area contributed by atoms with Gasteiger partial charge in [0.15, 0.2) is 0 Å². The number of aryl methyl sites for hydroxylation is 1. The van der Waals surface area contributed by atoms with Crippen molar-refractivity contribution in [3.05, 3.63) is 29.3 Å². The van der Waals surface area contributed by atoms with Gasteiger partial charge in [-0.05, 0) is 50.0 Å². The number of benzene rings is 1. The first-order chi connectivity index (χ1) is 7.83. The Morgan fingerprint density at radius 2 is 2.12 bits per heavy atom. The van der Waals surface area contributed by atoms with Crippen LogP contribution in [0.2, 0.25) is 0 Å². The molecule has 2 aliphatic rings. The number of thioether (sulfide) groups is 1. The number of nitrogens with one attached hydrogen (secondary N) is 1. The second kappa shape index (κ2) is 4.42. The van der Waals surface area contributed by atoms with Crippen LogP contribution in [-0.2, 0) is 0 Å². The third-order valence-corrected chi connectivity index (χ3v) is 4.63. The molecule has 1 unspecified atom stereocenters. The fourth-order valence-electron chi connectivity index (χ4n) is 2.40. The van der Waals surface area contributed by atoms with Gasteiger partial charge in [0.1, 0.15) is 0 Å². The zero-order chi connectivity index (χ0) is 11.0. The summed E-state index contributed by atoms with van der Waals surface area (Å²) in [5.74, 6) is 1.28. The van der Waals surface area contributed by atoms with Gasteiger partial charge in [0, 0.05) is 17.0 Å². The molecule has 1 aliphatic heterocycles. The molecule has 86 valence electrons. The molecular formula is C14H19NS. The second-order valence-corrected chi connectivity index (χ2v) is 6.16. The van der Waals surface area contributed by atoms with E-state index < -0.39 is 0 Å². The molecular weight excluding hydrogens is 214 g/mol. The van der Waals surface area contributed by atoms with Crippen molar-refractivity contribution in [3.8, 4) is 0 Å². The Bertz CT molecular complexity index is 384. The Labute approximate surface area is 102 Å². The lowest BCUT2D eigenvalue weighted by molar-refractivity contribution is 0.490. The Morgan fingerprint density at radius 3 is 2.94 bits per heavy atom. The van der Waals surface area contributed by atoms with Crippen LogP contribution in [-0.4, -0.2) is 11.8 Å². The largest absolute Gasteiger partial charge is 0.307 e. The van der Waals surface area contributed by atoms with Gasteiger partial charge in [-0.3, -0.25) is 0 Å². The van der Waals surface area contributed by atoms with Crippen LogP contribution in [0.1, 0.15) is 42.9 Å². The van der Waals surface area contributed by atoms with Crippen LogP contribution in [0.15, 0.2) is 23.1 Å². The number of hydrogen-bond acceptors (Lipinski definition) is 2. The van der Waals surface area contributed by atoms with Gasteiger partial charge in [-0.1, -0.05) is 17.7 Å². The minimum atomic E-state index is 0.609. The Hall–Kier alpha value is -0.470. The van der Waals surface area contributed by atoms with Gasteiger partial charge in [0.2, 0.25) is 0 Å². The number of hydrogen-bond donors (Lipinski definition) is 1. The fourth-order valence-corrected chi connectivity index (χ4v) is 3.47. The lowest BCUT2D eigenvalue weighted by atomic mass is 10.0. The van der Waals surface area contributed by atoms with Crippen LogP contribution < -0.4 is 5.32 Å². The monoisotopic (exact) mass is 233 g/mol. The lowest BCUT2D eigenvalue weighted by Crippen LogP contribution is -2.23. The van der Waals surface area contributed by atoms with Crippen molar-refractivity contribution in [1.82, 2.24) is 5.32 Å². The van der Waals surface area contributed by atoms with E-state index in [4.69, 9.17) is 0 Å². The van der Waals surface area contributed by atoms with Gasteiger partial charge >= 0.3 is 0 Å². The van der Waals surface area contributed by atoms with Crippen LogP contribution in [0.5, 0.6) is 0 Å². The molecule has 2 heteroatoms. The first kappa shape index (κ1) is 10.7. The predicted octanol–water partition coefficient (Wildman–Crippen LogP) is 3.67. The first-order valence-corrected chi connectivity index (χ1v) is 7.31. The summed E-state index contributed by atoms with van der Waals surface area (Å²) in [6.45, 7) is 2.20. The van der Waals surface area contributed by atoms with E-state index in [9.17, 15) is 0 Å². The van der Waals surface area contributed by atoms with Crippen molar-refractivity contribution in [3.63, 3.8) is 0 Å². The summed E-state index contributed by atoms with van der Waals surface area (Å²) in [6, 6.07) is 8.35. The fraction of sp³-hybridized carbons (Fsp3) is 0.571. The Balaban J connectivity index is 1.90. The third kappa shape index (κ3) is 2.28. The first-order valence-electron chi connectivity index (χ1n) is 6.32. The van der Waals surface area contributed by atoms with Crippen molar-refractivity contribution in [2.75, 3.05) is 5.75 Å². The van der Waals surface area contributed by atoms with Gasteiger partial charge < -0.3 is 5.32 Å². The predicted molar refractivity (Wildman–Crippen MR) is 70.0 cm³/mol. The Kier molecular flexibility index (Phi) is 2.95. The maximum Gasteiger partial charge on any atom is 0.0334 e. The lowest BCUT2D eigenvalue weighted by Gasteiger charge is -2.19. The van der Waals surface area contributed by atoms with E-state index in [1.807, 2.05) is 11.8 Å². The van der Waals surface area contributed by atoms with Gasteiger partial charge in [-0.25, -0.2) is 0 Å². The van der Waals surface area contributed by atoms with Gasteiger partial charge in [0.25, 0.3) is 0 Å². The molecule has 0 aromatic heterocycles. The minimum absolute atomic E-state index is 0.609. The highest BCUT2D eigenvalue weighted by molar-refractivity contribution is 7.99. The van der Waals surface area contributed by atoms with E-state index in [0.717, 1.165) is 6.04 Å².